The summed E-state index contributed by atoms with van der Waals surface area (Å²) in [6.45, 7) is 3.91. The number of nitrogens with zero attached hydrogens (tertiary/aromatic N) is 1. The molecule has 4 aromatic rings. The van der Waals surface area contributed by atoms with Crippen LogP contribution >= 0.6 is 11.8 Å². The first-order chi connectivity index (χ1) is 17.7. The molecule has 1 atom stereocenters. The van der Waals surface area contributed by atoms with Gasteiger partial charge in [0.2, 0.25) is 0 Å². The van der Waals surface area contributed by atoms with Crippen LogP contribution in [0.2, 0.25) is 0 Å². The van der Waals surface area contributed by atoms with Crippen LogP contribution in [0.15, 0.2) is 66.7 Å². The van der Waals surface area contributed by atoms with E-state index in [1.165, 1.54) is 0 Å². The molecule has 37 heavy (non-hydrogen) atoms. The van der Waals surface area contributed by atoms with E-state index < -0.39 is 23.0 Å². The van der Waals surface area contributed by atoms with Crippen molar-refractivity contribution in [3.05, 3.63) is 106 Å². The molecule has 188 valence electrons. The summed E-state index contributed by atoms with van der Waals surface area (Å²) in [7, 11) is 0. The molecule has 4 nitrogen and oxygen atoms in total. The van der Waals surface area contributed by atoms with Crippen LogP contribution in [0.4, 0.5) is 8.78 Å². The van der Waals surface area contributed by atoms with E-state index in [0.717, 1.165) is 40.1 Å². The normalized spacial score (nSPS) is 15.2. The van der Waals surface area contributed by atoms with Crippen LogP contribution < -0.4 is 4.74 Å². The van der Waals surface area contributed by atoms with Gasteiger partial charge >= 0.3 is 5.97 Å². The highest BCUT2D eigenvalue weighted by molar-refractivity contribution is 7.99. The van der Waals surface area contributed by atoms with E-state index in [1.807, 2.05) is 42.5 Å². The fraction of sp³-hybridized carbons (Fsp3) is 0.200. The Bertz CT molecular complexity index is 1530. The number of carboxylic acid groups (broad SMARTS) is 1. The molecule has 7 heteroatoms. The molecule has 5 rings (SSSR count). The number of carbonyl (C=O) groups is 1. The number of carboxylic acids is 1. The van der Waals surface area contributed by atoms with Crippen molar-refractivity contribution in [1.29, 1.82) is 0 Å². The van der Waals surface area contributed by atoms with Crippen LogP contribution in [0.5, 0.6) is 5.75 Å². The molecule has 1 unspecified atom stereocenters. The second-order valence-corrected chi connectivity index (χ2v) is 10.8. The molecule has 0 aliphatic carbocycles. The van der Waals surface area contributed by atoms with Crippen molar-refractivity contribution >= 4 is 40.8 Å². The van der Waals surface area contributed by atoms with Gasteiger partial charge < -0.3 is 9.84 Å². The molecule has 0 saturated carbocycles. The molecule has 0 amide bonds. The maximum absolute atomic E-state index is 13.7. The Morgan fingerprint density at radius 2 is 1.84 bits per heavy atom. The third-order valence-electron chi connectivity index (χ3n) is 6.43. The zero-order chi connectivity index (χ0) is 26.2. The topological polar surface area (TPSA) is 59.4 Å². The summed E-state index contributed by atoms with van der Waals surface area (Å²) in [6.07, 6.45) is 3.73. The van der Waals surface area contributed by atoms with Gasteiger partial charge in [-0.25, -0.2) is 13.8 Å². The first-order valence-electron chi connectivity index (χ1n) is 11.8. The van der Waals surface area contributed by atoms with Crippen LogP contribution in [0, 0.1) is 17.0 Å². The maximum Gasteiger partial charge on any atom is 0.309 e. The monoisotopic (exact) mass is 517 g/mol. The fourth-order valence-corrected chi connectivity index (χ4v) is 5.67. The molecule has 3 aromatic carbocycles. The molecule has 0 saturated heterocycles. The van der Waals surface area contributed by atoms with Crippen molar-refractivity contribution in [3.63, 3.8) is 0 Å². The predicted octanol–water partition coefficient (Wildman–Crippen LogP) is 7.51. The lowest BCUT2D eigenvalue weighted by Gasteiger charge is -2.24. The summed E-state index contributed by atoms with van der Waals surface area (Å²) in [5.41, 5.74) is 4.19. The minimum Gasteiger partial charge on any atom is -0.489 e. The number of hydrogen-bond acceptors (Lipinski definition) is 4. The Morgan fingerprint density at radius 3 is 2.65 bits per heavy atom. The van der Waals surface area contributed by atoms with Crippen LogP contribution in [0.25, 0.3) is 23.1 Å². The summed E-state index contributed by atoms with van der Waals surface area (Å²) in [5.74, 6) is -1.47. The van der Waals surface area contributed by atoms with E-state index in [9.17, 15) is 18.7 Å². The number of benzene rings is 3. The van der Waals surface area contributed by atoms with Gasteiger partial charge in [0.15, 0.2) is 11.6 Å². The first-order valence-corrected chi connectivity index (χ1v) is 12.9. The molecule has 0 fully saturated rings. The Labute approximate surface area is 218 Å². The van der Waals surface area contributed by atoms with Crippen molar-refractivity contribution in [2.45, 2.75) is 25.7 Å². The minimum atomic E-state index is -0.929. The SMILES string of the molecule is CC(C)(CSC1c2ccccc2COc2ccc(/C=C/c3ccc4cc(F)c(F)cc4n3)cc21)C(=O)O. The Balaban J connectivity index is 1.49. The third-order valence-corrected chi connectivity index (χ3v) is 8.16. The molecule has 0 spiro atoms. The number of thioether (sulfide) groups is 1. The van der Waals surface area contributed by atoms with Gasteiger partial charge in [-0.05, 0) is 60.9 Å². The summed E-state index contributed by atoms with van der Waals surface area (Å²) in [4.78, 5) is 16.2. The zero-order valence-corrected chi connectivity index (χ0v) is 21.2. The number of pyridine rings is 1. The van der Waals surface area contributed by atoms with Crippen molar-refractivity contribution in [1.82, 2.24) is 4.98 Å². The summed E-state index contributed by atoms with van der Waals surface area (Å²) in [6, 6.07) is 19.7. The van der Waals surface area contributed by atoms with Gasteiger partial charge in [-0.3, -0.25) is 4.79 Å². The number of halogens is 2. The van der Waals surface area contributed by atoms with Crippen LogP contribution in [0.3, 0.4) is 0 Å². The van der Waals surface area contributed by atoms with E-state index in [4.69, 9.17) is 4.74 Å². The third kappa shape index (κ3) is 5.23. The largest absolute Gasteiger partial charge is 0.489 e. The molecule has 1 N–H and O–H groups in total. The molecule has 2 heterocycles. The van der Waals surface area contributed by atoms with Crippen molar-refractivity contribution < 1.29 is 23.4 Å². The van der Waals surface area contributed by atoms with E-state index in [-0.39, 0.29) is 5.25 Å². The molecule has 1 aromatic heterocycles. The number of fused-ring (bicyclic) bond motifs is 3. The number of rotatable bonds is 6. The first kappa shape index (κ1) is 25.0. The van der Waals surface area contributed by atoms with Gasteiger partial charge in [0.1, 0.15) is 12.4 Å². The quantitative estimate of drug-likeness (QED) is 0.287. The lowest BCUT2D eigenvalue weighted by atomic mass is 9.97. The maximum atomic E-state index is 13.7. The molecule has 0 radical (unpaired) electrons. The highest BCUT2D eigenvalue weighted by atomic mass is 32.2. The summed E-state index contributed by atoms with van der Waals surface area (Å²) < 4.78 is 33.3. The van der Waals surface area contributed by atoms with Crippen molar-refractivity contribution in [2.24, 2.45) is 5.41 Å². The van der Waals surface area contributed by atoms with E-state index in [0.29, 0.717) is 29.0 Å². The van der Waals surface area contributed by atoms with Gasteiger partial charge in [0, 0.05) is 22.8 Å². The second kappa shape index (κ2) is 9.98. The van der Waals surface area contributed by atoms with Gasteiger partial charge in [0.05, 0.1) is 21.9 Å². The average Bonchev–Trinajstić information content (AvgIpc) is 3.03. The van der Waals surface area contributed by atoms with Gasteiger partial charge in [-0.15, -0.1) is 11.8 Å². The van der Waals surface area contributed by atoms with E-state index in [1.54, 1.807) is 37.7 Å². The Morgan fingerprint density at radius 1 is 1.05 bits per heavy atom. The number of aliphatic carboxylic acids is 1. The lowest BCUT2D eigenvalue weighted by Crippen LogP contribution is -2.26. The standard InChI is InChI=1S/C30H25F2NO3S/c1-30(2,29(34)35)17-37-28-22-6-4-3-5-20(22)16-36-27-12-8-18(13-23(27)28)7-10-21-11-9-19-14-24(31)25(32)15-26(19)33-21/h3-15,28H,16-17H2,1-2H3,(H,34,35)/b10-7+. The average molecular weight is 518 g/mol. The van der Waals surface area contributed by atoms with Gasteiger partial charge in [-0.1, -0.05) is 42.5 Å². The Kier molecular flexibility index (Phi) is 6.73. The smallest absolute Gasteiger partial charge is 0.309 e. The summed E-state index contributed by atoms with van der Waals surface area (Å²) in [5, 5.41) is 10.1. The van der Waals surface area contributed by atoms with Gasteiger partial charge in [0.25, 0.3) is 0 Å². The second-order valence-electron chi connectivity index (χ2n) is 9.69. The van der Waals surface area contributed by atoms with Crippen LogP contribution in [0.1, 0.15) is 47.0 Å². The van der Waals surface area contributed by atoms with Crippen LogP contribution in [-0.2, 0) is 11.4 Å². The lowest BCUT2D eigenvalue weighted by molar-refractivity contribution is -0.145. The predicted molar refractivity (Wildman–Crippen MR) is 144 cm³/mol. The zero-order valence-electron chi connectivity index (χ0n) is 20.4. The highest BCUT2D eigenvalue weighted by Gasteiger charge is 2.32. The number of hydrogen-bond donors (Lipinski definition) is 1. The molecule has 1 aliphatic heterocycles. The highest BCUT2D eigenvalue weighted by Crippen LogP contribution is 2.46. The van der Waals surface area contributed by atoms with Crippen molar-refractivity contribution in [2.75, 3.05) is 5.75 Å². The number of aromatic nitrogens is 1. The molecular weight excluding hydrogens is 492 g/mol. The Hall–Kier alpha value is -3.71. The van der Waals surface area contributed by atoms with E-state index >= 15 is 0 Å². The fourth-order valence-electron chi connectivity index (χ4n) is 4.19. The van der Waals surface area contributed by atoms with E-state index in [2.05, 4.69) is 17.1 Å². The molecule has 0 bridgehead atoms. The van der Waals surface area contributed by atoms with Crippen LogP contribution in [-0.4, -0.2) is 21.8 Å². The van der Waals surface area contributed by atoms with Crippen molar-refractivity contribution in [3.8, 4) is 5.75 Å². The molecular formula is C30H25F2NO3S. The number of ether oxygens (including phenoxy) is 1. The van der Waals surface area contributed by atoms with Gasteiger partial charge in [-0.2, -0.15) is 0 Å². The minimum absolute atomic E-state index is 0.0997. The summed E-state index contributed by atoms with van der Waals surface area (Å²) >= 11 is 1.59. The molecule has 1 aliphatic rings.